The van der Waals surface area contributed by atoms with Crippen molar-refractivity contribution < 1.29 is 0 Å². The minimum Gasteiger partial charge on any atom is -0.305 e. The molecule has 4 aromatic rings. The van der Waals surface area contributed by atoms with E-state index in [-0.39, 0.29) is 0 Å². The van der Waals surface area contributed by atoms with Crippen molar-refractivity contribution in [2.24, 2.45) is 7.05 Å². The number of halogens is 2. The minimum atomic E-state index is 0.661. The molecule has 0 saturated heterocycles. The van der Waals surface area contributed by atoms with Crippen molar-refractivity contribution in [3.05, 3.63) is 69.7 Å². The Morgan fingerprint density at radius 1 is 0.963 bits per heavy atom. The molecule has 0 bridgehead atoms. The molecular weight excluding hydrogens is 419 g/mol. The molecule has 0 saturated carbocycles. The second-order valence-electron chi connectivity index (χ2n) is 5.76. The molecule has 0 radical (unpaired) electrons. The van der Waals surface area contributed by atoms with Gasteiger partial charge in [-0.1, -0.05) is 65.3 Å². The summed E-state index contributed by atoms with van der Waals surface area (Å²) in [6.45, 7) is 0. The Labute approximate surface area is 175 Å². The van der Waals surface area contributed by atoms with Gasteiger partial charge in [0.15, 0.2) is 11.0 Å². The highest BCUT2D eigenvalue weighted by Gasteiger charge is 2.14. The van der Waals surface area contributed by atoms with E-state index in [1.807, 2.05) is 60.1 Å². The molecule has 0 spiro atoms. The lowest BCUT2D eigenvalue weighted by atomic mass is 10.2. The molecule has 2 heterocycles. The highest BCUT2D eigenvalue weighted by Crippen LogP contribution is 2.33. The lowest BCUT2D eigenvalue weighted by molar-refractivity contribution is 0.793. The molecule has 0 fully saturated rings. The highest BCUT2D eigenvalue weighted by molar-refractivity contribution is 7.98. The summed E-state index contributed by atoms with van der Waals surface area (Å²) >= 11 is 15.7. The van der Waals surface area contributed by atoms with Crippen LogP contribution in [0.25, 0.3) is 22.0 Å². The summed E-state index contributed by atoms with van der Waals surface area (Å²) in [5, 5.41) is 13.8. The van der Waals surface area contributed by atoms with Gasteiger partial charge in [0, 0.05) is 29.3 Å². The summed E-state index contributed by atoms with van der Waals surface area (Å²) in [6.07, 6.45) is 0. The van der Waals surface area contributed by atoms with Gasteiger partial charge in [-0.05, 0) is 18.2 Å². The molecule has 0 atom stereocenters. The van der Waals surface area contributed by atoms with E-state index in [1.54, 1.807) is 23.1 Å². The zero-order valence-corrected chi connectivity index (χ0v) is 17.4. The monoisotopic (exact) mass is 432 g/mol. The molecule has 136 valence electrons. The first-order chi connectivity index (χ1) is 13.1. The minimum absolute atomic E-state index is 0.661. The van der Waals surface area contributed by atoms with Crippen LogP contribution in [0.1, 0.15) is 5.69 Å². The molecule has 0 unspecified atom stereocenters. The molecule has 0 aliphatic rings. The third-order valence-electron chi connectivity index (χ3n) is 3.95. The fourth-order valence-electron chi connectivity index (χ4n) is 2.59. The van der Waals surface area contributed by atoms with Crippen LogP contribution in [0.2, 0.25) is 10.0 Å². The molecule has 4 nitrogen and oxygen atoms in total. The maximum atomic E-state index is 6.28. The van der Waals surface area contributed by atoms with E-state index >= 15 is 0 Å². The van der Waals surface area contributed by atoms with Crippen molar-refractivity contribution in [3.8, 4) is 22.0 Å². The van der Waals surface area contributed by atoms with E-state index in [0.29, 0.717) is 15.8 Å². The third kappa shape index (κ3) is 3.89. The van der Waals surface area contributed by atoms with Crippen LogP contribution in [-0.4, -0.2) is 19.7 Å². The summed E-state index contributed by atoms with van der Waals surface area (Å²) < 4.78 is 1.95. The lowest BCUT2D eigenvalue weighted by Crippen LogP contribution is -1.95. The fourth-order valence-corrected chi connectivity index (χ4v) is 4.86. The SMILES string of the molecule is Cn1c(SCc2csc(-c3ccccc3Cl)n2)nnc1-c1ccccc1Cl. The maximum Gasteiger partial charge on any atom is 0.191 e. The highest BCUT2D eigenvalue weighted by atomic mass is 35.5. The van der Waals surface area contributed by atoms with E-state index in [9.17, 15) is 0 Å². The van der Waals surface area contributed by atoms with Gasteiger partial charge in [-0.15, -0.1) is 21.5 Å². The number of hydrogen-bond acceptors (Lipinski definition) is 5. The summed E-state index contributed by atoms with van der Waals surface area (Å²) in [6, 6.07) is 15.4. The third-order valence-corrected chi connectivity index (χ3v) is 6.59. The first-order valence-electron chi connectivity index (χ1n) is 8.10. The smallest absolute Gasteiger partial charge is 0.191 e. The van der Waals surface area contributed by atoms with Crippen LogP contribution >= 0.6 is 46.3 Å². The molecule has 0 aliphatic carbocycles. The van der Waals surface area contributed by atoms with Gasteiger partial charge in [0.05, 0.1) is 15.7 Å². The van der Waals surface area contributed by atoms with Gasteiger partial charge in [0.1, 0.15) is 5.01 Å². The molecule has 0 aliphatic heterocycles. The first kappa shape index (κ1) is 18.5. The van der Waals surface area contributed by atoms with E-state index < -0.39 is 0 Å². The average molecular weight is 433 g/mol. The number of thiazole rings is 1. The van der Waals surface area contributed by atoms with Gasteiger partial charge in [-0.2, -0.15) is 0 Å². The van der Waals surface area contributed by atoms with Crippen LogP contribution in [0.15, 0.2) is 59.1 Å². The molecule has 0 N–H and O–H groups in total. The predicted octanol–water partition coefficient (Wildman–Crippen LogP) is 6.20. The number of benzene rings is 2. The van der Waals surface area contributed by atoms with Gasteiger partial charge >= 0.3 is 0 Å². The van der Waals surface area contributed by atoms with Crippen LogP contribution in [-0.2, 0) is 12.8 Å². The Morgan fingerprint density at radius 2 is 1.63 bits per heavy atom. The van der Waals surface area contributed by atoms with Crippen LogP contribution in [0.3, 0.4) is 0 Å². The zero-order valence-electron chi connectivity index (χ0n) is 14.3. The van der Waals surface area contributed by atoms with E-state index in [1.165, 1.54) is 0 Å². The number of aromatic nitrogens is 4. The van der Waals surface area contributed by atoms with Crippen LogP contribution in [0, 0.1) is 0 Å². The molecule has 8 heteroatoms. The van der Waals surface area contributed by atoms with Crippen LogP contribution < -0.4 is 0 Å². The average Bonchev–Trinajstić information content (AvgIpc) is 3.28. The molecule has 2 aromatic carbocycles. The quantitative estimate of drug-likeness (QED) is 0.351. The first-order valence-corrected chi connectivity index (χ1v) is 10.7. The van der Waals surface area contributed by atoms with Crippen molar-refractivity contribution in [1.29, 1.82) is 0 Å². The van der Waals surface area contributed by atoms with Crippen molar-refractivity contribution in [2.75, 3.05) is 0 Å². The standard InChI is InChI=1S/C19H14Cl2N4S2/c1-25-17(13-6-2-4-8-15(13)20)23-24-19(25)27-11-12-10-26-18(22-12)14-7-3-5-9-16(14)21/h2-10H,11H2,1H3. The summed E-state index contributed by atoms with van der Waals surface area (Å²) in [7, 11) is 1.94. The Hall–Kier alpha value is -1.86. The van der Waals surface area contributed by atoms with Gasteiger partial charge in [0.25, 0.3) is 0 Å². The number of thioether (sulfide) groups is 1. The van der Waals surface area contributed by atoms with Crippen LogP contribution in [0.4, 0.5) is 0 Å². The van der Waals surface area contributed by atoms with E-state index in [0.717, 1.165) is 32.8 Å². The van der Waals surface area contributed by atoms with Gasteiger partial charge in [-0.3, -0.25) is 0 Å². The van der Waals surface area contributed by atoms with E-state index in [2.05, 4.69) is 15.6 Å². The summed E-state index contributed by atoms with van der Waals surface area (Å²) in [5.41, 5.74) is 2.82. The van der Waals surface area contributed by atoms with Crippen molar-refractivity contribution in [3.63, 3.8) is 0 Å². The van der Waals surface area contributed by atoms with Crippen molar-refractivity contribution in [1.82, 2.24) is 19.7 Å². The molecule has 0 amide bonds. The van der Waals surface area contributed by atoms with Crippen molar-refractivity contribution >= 4 is 46.3 Å². The second-order valence-corrected chi connectivity index (χ2v) is 8.37. The van der Waals surface area contributed by atoms with Crippen molar-refractivity contribution in [2.45, 2.75) is 10.9 Å². The van der Waals surface area contributed by atoms with Gasteiger partial charge in [0.2, 0.25) is 0 Å². The molecule has 4 rings (SSSR count). The van der Waals surface area contributed by atoms with E-state index in [4.69, 9.17) is 28.2 Å². The summed E-state index contributed by atoms with van der Waals surface area (Å²) in [5.74, 6) is 1.45. The molecule has 27 heavy (non-hydrogen) atoms. The van der Waals surface area contributed by atoms with Crippen LogP contribution in [0.5, 0.6) is 0 Å². The normalized spacial score (nSPS) is 11.1. The number of nitrogens with zero attached hydrogens (tertiary/aromatic N) is 4. The Kier molecular flexibility index (Phi) is 5.50. The number of rotatable bonds is 5. The Bertz CT molecular complexity index is 1090. The number of hydrogen-bond donors (Lipinski definition) is 0. The predicted molar refractivity (Wildman–Crippen MR) is 114 cm³/mol. The Balaban J connectivity index is 1.51. The van der Waals surface area contributed by atoms with Gasteiger partial charge < -0.3 is 4.57 Å². The largest absolute Gasteiger partial charge is 0.305 e. The van der Waals surface area contributed by atoms with Gasteiger partial charge in [-0.25, -0.2) is 4.98 Å². The molecular formula is C19H14Cl2N4S2. The zero-order chi connectivity index (χ0) is 18.8. The maximum absolute atomic E-state index is 6.28. The lowest BCUT2D eigenvalue weighted by Gasteiger charge is -2.04. The summed E-state index contributed by atoms with van der Waals surface area (Å²) in [4.78, 5) is 4.70. The topological polar surface area (TPSA) is 43.6 Å². The fraction of sp³-hybridized carbons (Fsp3) is 0.105. The Morgan fingerprint density at radius 3 is 2.33 bits per heavy atom. The second kappa shape index (κ2) is 8.02. The molecule has 2 aromatic heterocycles.